The smallest absolute Gasteiger partial charge is 0.333 e. The first-order valence-corrected chi connectivity index (χ1v) is 4.39. The van der Waals surface area contributed by atoms with E-state index in [0.717, 1.165) is 0 Å². The van der Waals surface area contributed by atoms with E-state index in [1.807, 2.05) is 0 Å². The Morgan fingerprint density at radius 3 is 2.25 bits per heavy atom. The van der Waals surface area contributed by atoms with Crippen LogP contribution in [-0.2, 0) is 23.9 Å². The van der Waals surface area contributed by atoms with Gasteiger partial charge in [-0.2, -0.15) is 0 Å². The monoisotopic (exact) mass is 235 g/mol. The third-order valence-corrected chi connectivity index (χ3v) is 1.47. The molecule has 0 aliphatic rings. The van der Waals surface area contributed by atoms with E-state index in [9.17, 15) is 14.4 Å². The van der Waals surface area contributed by atoms with E-state index < -0.39 is 30.4 Å². The summed E-state index contributed by atoms with van der Waals surface area (Å²) in [4.78, 5) is 31.3. The van der Waals surface area contributed by atoms with Crippen molar-refractivity contribution in [2.24, 2.45) is 5.73 Å². The highest BCUT2D eigenvalue weighted by Crippen LogP contribution is 1.99. The van der Waals surface area contributed by atoms with Crippen molar-refractivity contribution >= 4 is 17.9 Å². The van der Waals surface area contributed by atoms with E-state index in [4.69, 9.17) is 20.7 Å². The lowest BCUT2D eigenvalue weighted by atomic mass is 10.2. The average molecular weight is 235 g/mol. The van der Waals surface area contributed by atoms with Crippen LogP contribution in [0.15, 0.2) is 0 Å². The topological polar surface area (TPSA) is 136 Å². The number of hydrogen-bond donors (Lipinski definition) is 3. The van der Waals surface area contributed by atoms with Crippen LogP contribution in [0.25, 0.3) is 0 Å². The molecule has 0 bridgehead atoms. The van der Waals surface area contributed by atoms with Crippen LogP contribution in [0, 0.1) is 0 Å². The first kappa shape index (κ1) is 14.3. The van der Waals surface area contributed by atoms with Crippen molar-refractivity contribution in [1.82, 2.24) is 0 Å². The minimum Gasteiger partial charge on any atom is -0.481 e. The fourth-order valence-corrected chi connectivity index (χ4v) is 0.781. The van der Waals surface area contributed by atoms with Gasteiger partial charge in [-0.25, -0.2) is 4.79 Å². The molecule has 0 spiro atoms. The van der Waals surface area contributed by atoms with Gasteiger partial charge in [-0.05, 0) is 0 Å². The first-order valence-electron chi connectivity index (χ1n) is 4.39. The van der Waals surface area contributed by atoms with Gasteiger partial charge in [0.25, 0.3) is 0 Å². The standard InChI is InChI=1S/C8H13NO7/c9-4-7(12)16-2-1-15-5(8(13)14)3-6(10)11/h5H,1-4,9H2,(H,10,11)(H,13,14). The number of rotatable bonds is 8. The Morgan fingerprint density at radius 1 is 1.19 bits per heavy atom. The molecule has 8 heteroatoms. The molecule has 0 aromatic carbocycles. The highest BCUT2D eigenvalue weighted by atomic mass is 16.6. The summed E-state index contributed by atoms with van der Waals surface area (Å²) in [5, 5.41) is 16.9. The second-order valence-electron chi connectivity index (χ2n) is 2.72. The van der Waals surface area contributed by atoms with Crippen molar-refractivity contribution in [3.05, 3.63) is 0 Å². The third-order valence-electron chi connectivity index (χ3n) is 1.47. The molecule has 1 unspecified atom stereocenters. The Bertz CT molecular complexity index is 265. The fraction of sp³-hybridized carbons (Fsp3) is 0.625. The van der Waals surface area contributed by atoms with Crippen LogP contribution in [0.4, 0.5) is 0 Å². The summed E-state index contributed by atoms with van der Waals surface area (Å²) in [6.07, 6.45) is -2.10. The zero-order valence-electron chi connectivity index (χ0n) is 8.42. The fourth-order valence-electron chi connectivity index (χ4n) is 0.781. The molecule has 0 saturated carbocycles. The van der Waals surface area contributed by atoms with E-state index in [2.05, 4.69) is 4.74 Å². The molecule has 0 heterocycles. The summed E-state index contributed by atoms with van der Waals surface area (Å²) in [6.45, 7) is -0.646. The number of hydrogen-bond acceptors (Lipinski definition) is 6. The first-order chi connectivity index (χ1) is 7.47. The quantitative estimate of drug-likeness (QED) is 0.339. The van der Waals surface area contributed by atoms with Gasteiger partial charge >= 0.3 is 17.9 Å². The lowest BCUT2D eigenvalue weighted by molar-refractivity contribution is -0.159. The number of carboxylic acids is 2. The van der Waals surface area contributed by atoms with Crippen LogP contribution >= 0.6 is 0 Å². The van der Waals surface area contributed by atoms with E-state index >= 15 is 0 Å². The van der Waals surface area contributed by atoms with Gasteiger partial charge in [0.2, 0.25) is 0 Å². The molecule has 92 valence electrons. The van der Waals surface area contributed by atoms with Gasteiger partial charge in [-0.1, -0.05) is 0 Å². The largest absolute Gasteiger partial charge is 0.481 e. The number of carbonyl (C=O) groups is 3. The van der Waals surface area contributed by atoms with Gasteiger partial charge in [0.05, 0.1) is 19.6 Å². The van der Waals surface area contributed by atoms with Gasteiger partial charge in [0, 0.05) is 0 Å². The van der Waals surface area contributed by atoms with Crippen molar-refractivity contribution in [3.63, 3.8) is 0 Å². The highest BCUT2D eigenvalue weighted by Gasteiger charge is 2.21. The van der Waals surface area contributed by atoms with Gasteiger partial charge in [-0.3, -0.25) is 9.59 Å². The van der Waals surface area contributed by atoms with E-state index in [0.29, 0.717) is 0 Å². The number of nitrogens with two attached hydrogens (primary N) is 1. The minimum atomic E-state index is -1.45. The molecular weight excluding hydrogens is 222 g/mol. The van der Waals surface area contributed by atoms with Gasteiger partial charge < -0.3 is 25.4 Å². The summed E-state index contributed by atoms with van der Waals surface area (Å²) in [7, 11) is 0. The number of carboxylic acid groups (broad SMARTS) is 2. The predicted octanol–water partition coefficient (Wildman–Crippen LogP) is -1.57. The molecule has 0 aromatic rings. The van der Waals surface area contributed by atoms with Crippen LogP contribution < -0.4 is 5.73 Å². The number of esters is 1. The molecule has 4 N–H and O–H groups in total. The molecular formula is C8H13NO7. The van der Waals surface area contributed by atoms with E-state index in [1.165, 1.54) is 0 Å². The van der Waals surface area contributed by atoms with E-state index in [-0.39, 0.29) is 19.8 Å². The minimum absolute atomic E-state index is 0.167. The Kier molecular flexibility index (Phi) is 6.81. The van der Waals surface area contributed by atoms with Gasteiger partial charge in [-0.15, -0.1) is 0 Å². The van der Waals surface area contributed by atoms with E-state index in [1.54, 1.807) is 0 Å². The summed E-state index contributed by atoms with van der Waals surface area (Å²) in [6, 6.07) is 0. The van der Waals surface area contributed by atoms with Crippen molar-refractivity contribution in [2.45, 2.75) is 12.5 Å². The molecule has 0 aromatic heterocycles. The van der Waals surface area contributed by atoms with Gasteiger partial charge in [0.15, 0.2) is 6.10 Å². The summed E-state index contributed by atoms with van der Waals surface area (Å²) < 4.78 is 9.21. The van der Waals surface area contributed by atoms with Crippen molar-refractivity contribution in [2.75, 3.05) is 19.8 Å². The third kappa shape index (κ3) is 6.74. The zero-order valence-corrected chi connectivity index (χ0v) is 8.42. The predicted molar refractivity (Wildman–Crippen MR) is 49.6 cm³/mol. The molecule has 8 nitrogen and oxygen atoms in total. The van der Waals surface area contributed by atoms with Crippen LogP contribution in [0.2, 0.25) is 0 Å². The normalized spacial score (nSPS) is 11.8. The second kappa shape index (κ2) is 7.60. The Hall–Kier alpha value is -1.67. The zero-order chi connectivity index (χ0) is 12.6. The molecule has 0 amide bonds. The molecule has 0 radical (unpaired) electrons. The van der Waals surface area contributed by atoms with Crippen LogP contribution in [0.5, 0.6) is 0 Å². The lowest BCUT2D eigenvalue weighted by Gasteiger charge is -2.11. The summed E-state index contributed by atoms with van der Waals surface area (Å²) in [5.41, 5.74) is 4.94. The van der Waals surface area contributed by atoms with Crippen molar-refractivity contribution < 1.29 is 34.1 Å². The maximum atomic E-state index is 10.6. The number of ether oxygens (including phenoxy) is 2. The Morgan fingerprint density at radius 2 is 1.81 bits per heavy atom. The highest BCUT2D eigenvalue weighted by molar-refractivity contribution is 5.79. The number of aliphatic carboxylic acids is 2. The molecule has 0 aliphatic carbocycles. The average Bonchev–Trinajstić information content (AvgIpc) is 2.21. The number of carbonyl (C=O) groups excluding carboxylic acids is 1. The lowest BCUT2D eigenvalue weighted by Crippen LogP contribution is -2.29. The maximum absolute atomic E-state index is 10.6. The summed E-state index contributed by atoms with van der Waals surface area (Å²) in [5.74, 6) is -3.31. The van der Waals surface area contributed by atoms with Gasteiger partial charge in [0.1, 0.15) is 6.61 Å². The van der Waals surface area contributed by atoms with Crippen molar-refractivity contribution in [3.8, 4) is 0 Å². The Balaban J connectivity index is 3.81. The molecule has 16 heavy (non-hydrogen) atoms. The summed E-state index contributed by atoms with van der Waals surface area (Å²) >= 11 is 0. The second-order valence-corrected chi connectivity index (χ2v) is 2.72. The maximum Gasteiger partial charge on any atom is 0.333 e. The van der Waals surface area contributed by atoms with Crippen LogP contribution in [-0.4, -0.2) is 54.0 Å². The van der Waals surface area contributed by atoms with Crippen molar-refractivity contribution in [1.29, 1.82) is 0 Å². The Labute approximate surface area is 90.9 Å². The van der Waals surface area contributed by atoms with Crippen LogP contribution in [0.3, 0.4) is 0 Å². The SMILES string of the molecule is NCC(=O)OCCOC(CC(=O)O)C(=O)O. The molecule has 0 rings (SSSR count). The molecule has 1 atom stereocenters. The molecule has 0 fully saturated rings. The van der Waals surface area contributed by atoms with Crippen LogP contribution in [0.1, 0.15) is 6.42 Å². The molecule has 0 aliphatic heterocycles. The molecule has 0 saturated heterocycles.